The highest BCUT2D eigenvalue weighted by atomic mass is 15.2. The van der Waals surface area contributed by atoms with Gasteiger partial charge in [-0.05, 0) is 23.6 Å². The van der Waals surface area contributed by atoms with Gasteiger partial charge in [-0.2, -0.15) is 0 Å². The number of nitrogens with zero attached hydrogens (tertiary/aromatic N) is 2. The van der Waals surface area contributed by atoms with Gasteiger partial charge in [0.25, 0.3) is 0 Å². The number of aromatic nitrogens is 1. The standard InChI is InChI=1S/C23H29N5/c1-2-9-22-19(5-1)6-3-10-23(22)26-13-16-28-14-11-24-17-20-7-4-8-21(27-20)18-25-12-15-28/h1-10,24-26H,11-18H2. The van der Waals surface area contributed by atoms with Crippen molar-refractivity contribution in [2.45, 2.75) is 13.1 Å². The third-order valence-electron chi connectivity index (χ3n) is 5.22. The molecular weight excluding hydrogens is 346 g/mol. The zero-order chi connectivity index (χ0) is 19.0. The summed E-state index contributed by atoms with van der Waals surface area (Å²) in [5.74, 6) is 0. The van der Waals surface area contributed by atoms with Crippen molar-refractivity contribution in [3.05, 3.63) is 72.1 Å². The smallest absolute Gasteiger partial charge is 0.0545 e. The molecule has 2 heterocycles. The second-order valence-corrected chi connectivity index (χ2v) is 7.27. The molecule has 5 nitrogen and oxygen atoms in total. The van der Waals surface area contributed by atoms with Gasteiger partial charge >= 0.3 is 0 Å². The van der Waals surface area contributed by atoms with E-state index in [0.717, 1.165) is 63.7 Å². The van der Waals surface area contributed by atoms with Crippen LogP contribution in [0.2, 0.25) is 0 Å². The molecule has 2 aromatic carbocycles. The van der Waals surface area contributed by atoms with Crippen molar-refractivity contribution in [2.24, 2.45) is 0 Å². The fraction of sp³-hybridized carbons (Fsp3) is 0.348. The van der Waals surface area contributed by atoms with E-state index in [0.29, 0.717) is 0 Å². The van der Waals surface area contributed by atoms with E-state index >= 15 is 0 Å². The van der Waals surface area contributed by atoms with Crippen LogP contribution in [0.3, 0.4) is 0 Å². The third kappa shape index (κ3) is 5.07. The van der Waals surface area contributed by atoms with E-state index in [2.05, 4.69) is 86.5 Å². The molecule has 0 radical (unpaired) electrons. The topological polar surface area (TPSA) is 52.2 Å². The van der Waals surface area contributed by atoms with Crippen LogP contribution in [0.4, 0.5) is 5.69 Å². The lowest BCUT2D eigenvalue weighted by Crippen LogP contribution is -2.39. The van der Waals surface area contributed by atoms with Crippen LogP contribution >= 0.6 is 0 Å². The molecule has 0 fully saturated rings. The molecule has 0 saturated carbocycles. The van der Waals surface area contributed by atoms with E-state index < -0.39 is 0 Å². The lowest BCUT2D eigenvalue weighted by molar-refractivity contribution is 0.280. The van der Waals surface area contributed by atoms with Crippen LogP contribution in [0.25, 0.3) is 10.8 Å². The van der Waals surface area contributed by atoms with Crippen molar-refractivity contribution in [3.8, 4) is 0 Å². The molecule has 0 aliphatic carbocycles. The number of benzene rings is 2. The van der Waals surface area contributed by atoms with Crippen LogP contribution in [0, 0.1) is 0 Å². The fourth-order valence-electron chi connectivity index (χ4n) is 3.70. The molecule has 4 rings (SSSR count). The monoisotopic (exact) mass is 375 g/mol. The molecule has 0 unspecified atom stereocenters. The Morgan fingerprint density at radius 2 is 1.50 bits per heavy atom. The number of hydrogen-bond donors (Lipinski definition) is 3. The molecule has 1 aliphatic rings. The van der Waals surface area contributed by atoms with Gasteiger partial charge in [0.1, 0.15) is 0 Å². The summed E-state index contributed by atoms with van der Waals surface area (Å²) in [6.07, 6.45) is 0. The van der Waals surface area contributed by atoms with E-state index in [1.807, 2.05) is 0 Å². The molecular formula is C23H29N5. The summed E-state index contributed by atoms with van der Waals surface area (Å²) < 4.78 is 0. The number of fused-ring (bicyclic) bond motifs is 3. The minimum Gasteiger partial charge on any atom is -0.383 e. The largest absolute Gasteiger partial charge is 0.383 e. The predicted molar refractivity (Wildman–Crippen MR) is 117 cm³/mol. The van der Waals surface area contributed by atoms with Crippen molar-refractivity contribution in [1.82, 2.24) is 20.5 Å². The molecule has 1 aromatic heterocycles. The zero-order valence-electron chi connectivity index (χ0n) is 16.3. The van der Waals surface area contributed by atoms with Gasteiger partial charge in [0, 0.05) is 63.4 Å². The van der Waals surface area contributed by atoms with Gasteiger partial charge in [0.15, 0.2) is 0 Å². The normalized spacial score (nSPS) is 16.3. The number of hydrogen-bond acceptors (Lipinski definition) is 5. The van der Waals surface area contributed by atoms with Crippen molar-refractivity contribution in [2.75, 3.05) is 44.6 Å². The van der Waals surface area contributed by atoms with Gasteiger partial charge in [0.2, 0.25) is 0 Å². The molecule has 3 N–H and O–H groups in total. The lowest BCUT2D eigenvalue weighted by Gasteiger charge is -2.24. The first-order valence-electron chi connectivity index (χ1n) is 10.2. The molecule has 0 spiro atoms. The van der Waals surface area contributed by atoms with E-state index in [9.17, 15) is 0 Å². The Morgan fingerprint density at radius 3 is 2.29 bits per heavy atom. The summed E-state index contributed by atoms with van der Waals surface area (Å²) in [4.78, 5) is 7.20. The predicted octanol–water partition coefficient (Wildman–Crippen LogP) is 2.84. The third-order valence-corrected chi connectivity index (χ3v) is 5.22. The van der Waals surface area contributed by atoms with Crippen LogP contribution in [-0.2, 0) is 13.1 Å². The Hall–Kier alpha value is -2.47. The minimum atomic E-state index is 0.829. The van der Waals surface area contributed by atoms with E-state index in [1.54, 1.807) is 0 Å². The zero-order valence-corrected chi connectivity index (χ0v) is 16.3. The Labute approximate surface area is 167 Å². The lowest BCUT2D eigenvalue weighted by atomic mass is 10.1. The molecule has 5 heteroatoms. The molecule has 1 aliphatic heterocycles. The second-order valence-electron chi connectivity index (χ2n) is 7.27. The molecule has 0 saturated heterocycles. The molecule has 28 heavy (non-hydrogen) atoms. The Bertz CT molecular complexity index is 862. The van der Waals surface area contributed by atoms with Crippen LogP contribution < -0.4 is 16.0 Å². The number of nitrogens with one attached hydrogen (secondary N) is 3. The summed E-state index contributed by atoms with van der Waals surface area (Å²) in [6.45, 7) is 7.65. The highest BCUT2D eigenvalue weighted by molar-refractivity contribution is 5.93. The van der Waals surface area contributed by atoms with Crippen molar-refractivity contribution in [1.29, 1.82) is 0 Å². The Morgan fingerprint density at radius 1 is 0.821 bits per heavy atom. The molecule has 146 valence electrons. The van der Waals surface area contributed by atoms with Gasteiger partial charge in [-0.1, -0.05) is 42.5 Å². The summed E-state index contributed by atoms with van der Waals surface area (Å²) in [5, 5.41) is 13.3. The van der Waals surface area contributed by atoms with Crippen molar-refractivity contribution in [3.63, 3.8) is 0 Å². The maximum atomic E-state index is 4.68. The average molecular weight is 376 g/mol. The van der Waals surface area contributed by atoms with Gasteiger partial charge in [-0.25, -0.2) is 0 Å². The molecule has 0 amide bonds. The molecule has 2 bridgehead atoms. The number of rotatable bonds is 4. The van der Waals surface area contributed by atoms with Crippen LogP contribution in [0.1, 0.15) is 11.4 Å². The van der Waals surface area contributed by atoms with E-state index in [-0.39, 0.29) is 0 Å². The maximum Gasteiger partial charge on any atom is 0.0545 e. The number of pyridine rings is 1. The quantitative estimate of drug-likeness (QED) is 0.655. The van der Waals surface area contributed by atoms with Crippen LogP contribution in [0.5, 0.6) is 0 Å². The van der Waals surface area contributed by atoms with E-state index in [4.69, 9.17) is 0 Å². The SMILES string of the molecule is c1cc2nc(c1)CNCCN(CCNc1cccc3ccccc13)CCNC2. The average Bonchev–Trinajstić information content (AvgIpc) is 2.73. The summed E-state index contributed by atoms with van der Waals surface area (Å²) in [7, 11) is 0. The highest BCUT2D eigenvalue weighted by Crippen LogP contribution is 2.22. The first-order chi connectivity index (χ1) is 13.9. The van der Waals surface area contributed by atoms with E-state index in [1.165, 1.54) is 16.5 Å². The fourth-order valence-corrected chi connectivity index (χ4v) is 3.70. The van der Waals surface area contributed by atoms with Crippen molar-refractivity contribution >= 4 is 16.5 Å². The Kier molecular flexibility index (Phi) is 6.50. The van der Waals surface area contributed by atoms with Gasteiger partial charge in [0.05, 0.1) is 11.4 Å². The van der Waals surface area contributed by atoms with Gasteiger partial charge < -0.3 is 16.0 Å². The van der Waals surface area contributed by atoms with Crippen LogP contribution in [0.15, 0.2) is 60.7 Å². The van der Waals surface area contributed by atoms with Crippen LogP contribution in [-0.4, -0.2) is 49.2 Å². The summed E-state index contributed by atoms with van der Waals surface area (Å²) >= 11 is 0. The minimum absolute atomic E-state index is 0.829. The van der Waals surface area contributed by atoms with Gasteiger partial charge in [-0.15, -0.1) is 0 Å². The molecule has 3 aromatic rings. The maximum absolute atomic E-state index is 4.68. The van der Waals surface area contributed by atoms with Crippen molar-refractivity contribution < 1.29 is 0 Å². The summed E-state index contributed by atoms with van der Waals surface area (Å²) in [6, 6.07) is 21.3. The first kappa shape index (κ1) is 18.9. The summed E-state index contributed by atoms with van der Waals surface area (Å²) in [5.41, 5.74) is 3.45. The number of anilines is 1. The first-order valence-corrected chi connectivity index (χ1v) is 10.2. The second kappa shape index (κ2) is 9.64. The highest BCUT2D eigenvalue weighted by Gasteiger charge is 2.07. The Balaban J connectivity index is 1.31. The molecule has 0 atom stereocenters. The van der Waals surface area contributed by atoms with Gasteiger partial charge in [-0.3, -0.25) is 9.88 Å².